The van der Waals surface area contributed by atoms with E-state index in [2.05, 4.69) is 10.9 Å². The number of carbonyl (C=O) groups is 1. The molecule has 0 radical (unpaired) electrons. The van der Waals surface area contributed by atoms with Gasteiger partial charge in [-0.15, -0.1) is 17.8 Å². The Morgan fingerprint density at radius 3 is 2.74 bits per heavy atom. The zero-order valence-corrected chi connectivity index (χ0v) is 10.8. The van der Waals surface area contributed by atoms with Crippen LogP contribution in [0.5, 0.6) is 0 Å². The van der Waals surface area contributed by atoms with Crippen molar-refractivity contribution in [1.82, 2.24) is 4.98 Å². The van der Waals surface area contributed by atoms with Gasteiger partial charge < -0.3 is 5.11 Å². The van der Waals surface area contributed by atoms with Crippen molar-refractivity contribution in [3.05, 3.63) is 39.9 Å². The maximum absolute atomic E-state index is 11.0. The number of terminal acetylenes is 1. The number of benzene rings is 1. The summed E-state index contributed by atoms with van der Waals surface area (Å²) in [6.45, 7) is 1.64. The Hall–Kier alpha value is -2.63. The molecule has 5 heteroatoms. The van der Waals surface area contributed by atoms with Crippen LogP contribution < -0.4 is 0 Å². The van der Waals surface area contributed by atoms with Gasteiger partial charge in [0.05, 0.1) is 11.3 Å². The third kappa shape index (κ3) is 2.33. The lowest BCUT2D eigenvalue weighted by atomic mass is 10.1. The molecule has 2 rings (SSSR count). The number of rotatable bonds is 2. The monoisotopic (exact) mass is 268 g/mol. The van der Waals surface area contributed by atoms with Crippen molar-refractivity contribution in [2.24, 2.45) is 0 Å². The van der Waals surface area contributed by atoms with Gasteiger partial charge in [-0.3, -0.25) is 0 Å². The molecule has 0 unspecified atom stereocenters. The summed E-state index contributed by atoms with van der Waals surface area (Å²) >= 11 is 1.08. The molecule has 0 saturated heterocycles. The minimum absolute atomic E-state index is 0.203. The lowest BCUT2D eigenvalue weighted by Gasteiger charge is -1.99. The Kier molecular flexibility index (Phi) is 3.33. The zero-order chi connectivity index (χ0) is 14.0. The first-order valence-electron chi connectivity index (χ1n) is 5.28. The second-order valence-electron chi connectivity index (χ2n) is 3.76. The van der Waals surface area contributed by atoms with E-state index in [9.17, 15) is 4.79 Å². The summed E-state index contributed by atoms with van der Waals surface area (Å²) in [4.78, 5) is 15.4. The first-order chi connectivity index (χ1) is 9.06. The Balaban J connectivity index is 2.55. The molecular formula is C14H8N2O2S. The summed E-state index contributed by atoms with van der Waals surface area (Å²) in [6, 6.07) is 7.04. The van der Waals surface area contributed by atoms with Crippen molar-refractivity contribution >= 4 is 17.3 Å². The number of carboxylic acid groups (broad SMARTS) is 1. The van der Waals surface area contributed by atoms with Gasteiger partial charge in [-0.1, -0.05) is 12.0 Å². The lowest BCUT2D eigenvalue weighted by Crippen LogP contribution is -1.94. The van der Waals surface area contributed by atoms with Gasteiger partial charge in [-0.25, -0.2) is 9.78 Å². The molecule has 1 aromatic heterocycles. The number of aryl methyl sites for hydroxylation is 1. The minimum atomic E-state index is -0.998. The third-order valence-electron chi connectivity index (χ3n) is 2.53. The number of nitrogens with zero attached hydrogens (tertiary/aromatic N) is 2. The van der Waals surface area contributed by atoms with E-state index in [4.69, 9.17) is 16.8 Å². The molecular weight excluding hydrogens is 260 g/mol. The van der Waals surface area contributed by atoms with Crippen molar-refractivity contribution in [2.45, 2.75) is 6.92 Å². The van der Waals surface area contributed by atoms with E-state index in [1.165, 1.54) is 0 Å². The van der Waals surface area contributed by atoms with Crippen LogP contribution in [0.4, 0.5) is 0 Å². The van der Waals surface area contributed by atoms with E-state index in [1.54, 1.807) is 25.1 Å². The second kappa shape index (κ2) is 4.93. The van der Waals surface area contributed by atoms with Crippen LogP contribution in [0.15, 0.2) is 18.2 Å². The molecule has 0 spiro atoms. The summed E-state index contributed by atoms with van der Waals surface area (Å²) < 4.78 is 0. The number of aromatic carboxylic acids is 1. The first kappa shape index (κ1) is 12.8. The van der Waals surface area contributed by atoms with Crippen molar-refractivity contribution in [3.63, 3.8) is 0 Å². The summed E-state index contributed by atoms with van der Waals surface area (Å²) in [7, 11) is 0. The number of hydrogen-bond donors (Lipinski definition) is 1. The quantitative estimate of drug-likeness (QED) is 0.850. The predicted molar refractivity (Wildman–Crippen MR) is 71.9 cm³/mol. The Bertz CT molecular complexity index is 748. The maximum Gasteiger partial charge on any atom is 0.347 e. The number of nitriles is 1. The predicted octanol–water partition coefficient (Wildman–Crippen LogP) is 2.67. The topological polar surface area (TPSA) is 74.0 Å². The SMILES string of the molecule is C#Cc1ccc(-c2nc(C)c(C(=O)O)s2)cc1C#N. The summed E-state index contributed by atoms with van der Waals surface area (Å²) in [5.74, 6) is 1.43. The standard InChI is InChI=1S/C14H8N2O2S/c1-3-9-4-5-10(6-11(9)7-15)13-16-8(2)12(19-13)14(17)18/h1,4-6H,2H3,(H,17,18). The molecule has 0 amide bonds. The molecule has 92 valence electrons. The van der Waals surface area contributed by atoms with Crippen LogP contribution >= 0.6 is 11.3 Å². The normalized spacial score (nSPS) is 9.63. The molecule has 0 aliphatic carbocycles. The lowest BCUT2D eigenvalue weighted by molar-refractivity contribution is 0.0701. The van der Waals surface area contributed by atoms with Gasteiger partial charge in [0.2, 0.25) is 0 Å². The molecule has 1 N–H and O–H groups in total. The summed E-state index contributed by atoms with van der Waals surface area (Å²) in [5, 5.41) is 18.6. The molecule has 19 heavy (non-hydrogen) atoms. The molecule has 0 saturated carbocycles. The highest BCUT2D eigenvalue weighted by atomic mass is 32.1. The molecule has 4 nitrogen and oxygen atoms in total. The Morgan fingerprint density at radius 2 is 2.21 bits per heavy atom. The van der Waals surface area contributed by atoms with Gasteiger partial charge >= 0.3 is 5.97 Å². The molecule has 0 bridgehead atoms. The highest BCUT2D eigenvalue weighted by Gasteiger charge is 2.15. The number of aromatic nitrogens is 1. The third-order valence-corrected chi connectivity index (χ3v) is 3.73. The van der Waals surface area contributed by atoms with Crippen LogP contribution in [0.3, 0.4) is 0 Å². The van der Waals surface area contributed by atoms with Gasteiger partial charge in [0.15, 0.2) is 0 Å². The number of carboxylic acids is 1. The highest BCUT2D eigenvalue weighted by molar-refractivity contribution is 7.17. The molecule has 1 heterocycles. The van der Waals surface area contributed by atoms with Gasteiger partial charge in [0.25, 0.3) is 0 Å². The molecule has 0 atom stereocenters. The van der Waals surface area contributed by atoms with Crippen molar-refractivity contribution in [2.75, 3.05) is 0 Å². The van der Waals surface area contributed by atoms with E-state index in [0.717, 1.165) is 11.3 Å². The van der Waals surface area contributed by atoms with Gasteiger partial charge in [-0.05, 0) is 19.1 Å². The van der Waals surface area contributed by atoms with E-state index in [0.29, 0.717) is 27.4 Å². The van der Waals surface area contributed by atoms with Crippen molar-refractivity contribution in [3.8, 4) is 29.0 Å². The van der Waals surface area contributed by atoms with Crippen LogP contribution in [0.2, 0.25) is 0 Å². The molecule has 0 aliphatic heterocycles. The van der Waals surface area contributed by atoms with Crippen molar-refractivity contribution in [1.29, 1.82) is 5.26 Å². The van der Waals surface area contributed by atoms with Gasteiger partial charge in [-0.2, -0.15) is 5.26 Å². The van der Waals surface area contributed by atoms with E-state index >= 15 is 0 Å². The second-order valence-corrected chi connectivity index (χ2v) is 4.75. The summed E-state index contributed by atoms with van der Waals surface area (Å²) in [6.07, 6.45) is 5.29. The first-order valence-corrected chi connectivity index (χ1v) is 6.10. The zero-order valence-electron chi connectivity index (χ0n) is 9.97. The van der Waals surface area contributed by atoms with Gasteiger partial charge in [0.1, 0.15) is 16.0 Å². The summed E-state index contributed by atoms with van der Waals surface area (Å²) in [5.41, 5.74) is 2.05. The molecule has 1 aromatic carbocycles. The Morgan fingerprint density at radius 1 is 1.47 bits per heavy atom. The number of thiazole rings is 1. The Labute approximate surface area is 114 Å². The fourth-order valence-corrected chi connectivity index (χ4v) is 2.52. The minimum Gasteiger partial charge on any atom is -0.477 e. The smallest absolute Gasteiger partial charge is 0.347 e. The van der Waals surface area contributed by atoms with E-state index in [-0.39, 0.29) is 4.88 Å². The van der Waals surface area contributed by atoms with Crippen LogP contribution in [0.1, 0.15) is 26.5 Å². The van der Waals surface area contributed by atoms with Crippen LogP contribution in [-0.2, 0) is 0 Å². The molecule has 2 aromatic rings. The van der Waals surface area contributed by atoms with Crippen molar-refractivity contribution < 1.29 is 9.90 Å². The largest absolute Gasteiger partial charge is 0.477 e. The fraction of sp³-hybridized carbons (Fsp3) is 0.0714. The number of hydrogen-bond acceptors (Lipinski definition) is 4. The van der Waals surface area contributed by atoms with Crippen LogP contribution in [-0.4, -0.2) is 16.1 Å². The average Bonchev–Trinajstić information content (AvgIpc) is 2.80. The van der Waals surface area contributed by atoms with E-state index in [1.807, 2.05) is 6.07 Å². The fourth-order valence-electron chi connectivity index (χ4n) is 1.61. The van der Waals surface area contributed by atoms with Crippen LogP contribution in [0.25, 0.3) is 10.6 Å². The highest BCUT2D eigenvalue weighted by Crippen LogP contribution is 2.29. The van der Waals surface area contributed by atoms with E-state index < -0.39 is 5.97 Å². The van der Waals surface area contributed by atoms with Gasteiger partial charge in [0, 0.05) is 11.1 Å². The maximum atomic E-state index is 11.0. The molecule has 0 fully saturated rings. The average molecular weight is 268 g/mol. The van der Waals surface area contributed by atoms with Crippen LogP contribution in [0, 0.1) is 30.6 Å². The molecule has 0 aliphatic rings.